The highest BCUT2D eigenvalue weighted by atomic mass is 35.5. The summed E-state index contributed by atoms with van der Waals surface area (Å²) in [5, 5.41) is 12.1. The number of nitro groups is 1. The number of halogens is 1. The molecule has 2 aromatic carbocycles. The van der Waals surface area contributed by atoms with Gasteiger partial charge in [0, 0.05) is 29.5 Å². The van der Waals surface area contributed by atoms with Crippen LogP contribution >= 0.6 is 22.9 Å². The molecule has 0 atom stereocenters. The number of thiazole rings is 1. The van der Waals surface area contributed by atoms with Gasteiger partial charge in [0.05, 0.1) is 28.1 Å². The Morgan fingerprint density at radius 2 is 1.94 bits per heavy atom. The number of pyridine rings is 1. The third-order valence-corrected chi connectivity index (χ3v) is 6.29. The van der Waals surface area contributed by atoms with Gasteiger partial charge in [0.2, 0.25) is 5.91 Å². The monoisotopic (exact) mass is 452 g/mol. The number of hydrogen-bond acceptors (Lipinski definition) is 6. The topological polar surface area (TPSA) is 89.2 Å². The largest absolute Gasteiger partial charge is 0.283 e. The summed E-state index contributed by atoms with van der Waals surface area (Å²) >= 11 is 7.66. The van der Waals surface area contributed by atoms with Crippen LogP contribution in [0.4, 0.5) is 10.8 Å². The lowest BCUT2D eigenvalue weighted by Gasteiger charge is -2.20. The first kappa shape index (κ1) is 20.9. The third-order valence-electron chi connectivity index (χ3n) is 4.83. The molecular formula is C22H17ClN4O3S. The molecule has 4 aromatic rings. The highest BCUT2D eigenvalue weighted by Crippen LogP contribution is 2.34. The fourth-order valence-electron chi connectivity index (χ4n) is 3.15. The summed E-state index contributed by atoms with van der Waals surface area (Å²) in [5.74, 6) is -0.166. The van der Waals surface area contributed by atoms with Crippen molar-refractivity contribution in [2.24, 2.45) is 0 Å². The zero-order valence-corrected chi connectivity index (χ0v) is 18.1. The van der Waals surface area contributed by atoms with Crippen LogP contribution in [0.5, 0.6) is 0 Å². The van der Waals surface area contributed by atoms with E-state index in [2.05, 4.69) is 4.98 Å². The van der Waals surface area contributed by atoms with E-state index in [0.717, 1.165) is 21.3 Å². The van der Waals surface area contributed by atoms with E-state index in [1.54, 1.807) is 29.4 Å². The van der Waals surface area contributed by atoms with E-state index in [1.807, 2.05) is 31.2 Å². The fraction of sp³-hybridized carbons (Fsp3) is 0.136. The van der Waals surface area contributed by atoms with Crippen molar-refractivity contribution in [3.05, 3.63) is 92.8 Å². The lowest BCUT2D eigenvalue weighted by molar-refractivity contribution is -0.384. The Kier molecular flexibility index (Phi) is 5.92. The summed E-state index contributed by atoms with van der Waals surface area (Å²) in [4.78, 5) is 34.1. The Bertz CT molecular complexity index is 1260. The zero-order valence-electron chi connectivity index (χ0n) is 16.5. The van der Waals surface area contributed by atoms with Crippen molar-refractivity contribution in [1.82, 2.24) is 9.97 Å². The molecule has 0 aliphatic rings. The maximum absolute atomic E-state index is 13.3. The molecule has 0 saturated carbocycles. The number of carbonyl (C=O) groups is 1. The first-order valence-corrected chi connectivity index (χ1v) is 10.6. The van der Waals surface area contributed by atoms with E-state index in [-0.39, 0.29) is 18.0 Å². The Hall–Kier alpha value is -3.36. The lowest BCUT2D eigenvalue weighted by Crippen LogP contribution is -2.31. The van der Waals surface area contributed by atoms with E-state index < -0.39 is 4.92 Å². The number of carbonyl (C=O) groups excluding carboxylic acids is 1. The molecule has 0 saturated heterocycles. The summed E-state index contributed by atoms with van der Waals surface area (Å²) in [6.07, 6.45) is 3.48. The van der Waals surface area contributed by atoms with Crippen molar-refractivity contribution in [3.63, 3.8) is 0 Å². The van der Waals surface area contributed by atoms with Gasteiger partial charge < -0.3 is 0 Å². The molecule has 0 radical (unpaired) electrons. The Balaban J connectivity index is 1.68. The van der Waals surface area contributed by atoms with E-state index in [0.29, 0.717) is 22.3 Å². The second-order valence-corrected chi connectivity index (χ2v) is 8.37. The molecule has 2 heterocycles. The molecule has 2 aromatic heterocycles. The van der Waals surface area contributed by atoms with Crippen LogP contribution in [0.3, 0.4) is 0 Å². The number of aromatic nitrogens is 2. The number of nitro benzene ring substituents is 1. The van der Waals surface area contributed by atoms with E-state index in [9.17, 15) is 14.9 Å². The van der Waals surface area contributed by atoms with Crippen LogP contribution in [0.2, 0.25) is 5.02 Å². The van der Waals surface area contributed by atoms with Gasteiger partial charge in [0.1, 0.15) is 0 Å². The zero-order chi connectivity index (χ0) is 22.0. The Morgan fingerprint density at radius 3 is 2.61 bits per heavy atom. The molecule has 31 heavy (non-hydrogen) atoms. The first-order valence-electron chi connectivity index (χ1n) is 9.40. The molecule has 9 heteroatoms. The minimum Gasteiger partial charge on any atom is -0.283 e. The van der Waals surface area contributed by atoms with Gasteiger partial charge in [-0.1, -0.05) is 41.1 Å². The average Bonchev–Trinajstić information content (AvgIpc) is 3.20. The minimum atomic E-state index is -0.463. The maximum atomic E-state index is 13.3. The van der Waals surface area contributed by atoms with E-state index in [4.69, 9.17) is 16.6 Å². The number of hydrogen-bond donors (Lipinski definition) is 0. The van der Waals surface area contributed by atoms with Crippen molar-refractivity contribution in [3.8, 4) is 0 Å². The third kappa shape index (κ3) is 4.55. The average molecular weight is 453 g/mol. The van der Waals surface area contributed by atoms with Crippen molar-refractivity contribution in [2.45, 2.75) is 19.9 Å². The van der Waals surface area contributed by atoms with Crippen LogP contribution in [-0.4, -0.2) is 20.8 Å². The molecule has 0 bridgehead atoms. The number of non-ortho nitro benzene ring substituents is 1. The van der Waals surface area contributed by atoms with Crippen molar-refractivity contribution >= 4 is 49.9 Å². The molecule has 0 aliphatic carbocycles. The van der Waals surface area contributed by atoms with Gasteiger partial charge in [0.25, 0.3) is 5.69 Å². The molecule has 1 amide bonds. The summed E-state index contributed by atoms with van der Waals surface area (Å²) < 4.78 is 0.941. The van der Waals surface area contributed by atoms with Crippen LogP contribution in [0.25, 0.3) is 10.2 Å². The quantitative estimate of drug-likeness (QED) is 0.291. The number of nitrogens with zero attached hydrogens (tertiary/aromatic N) is 4. The highest BCUT2D eigenvalue weighted by molar-refractivity contribution is 7.22. The maximum Gasteiger partial charge on any atom is 0.269 e. The second kappa shape index (κ2) is 8.79. The molecule has 0 unspecified atom stereocenters. The van der Waals surface area contributed by atoms with Gasteiger partial charge in [-0.15, -0.1) is 0 Å². The summed E-state index contributed by atoms with van der Waals surface area (Å²) in [7, 11) is 0. The fourth-order valence-corrected chi connectivity index (χ4v) is 4.34. The molecule has 0 N–H and O–H groups in total. The highest BCUT2D eigenvalue weighted by Gasteiger charge is 2.22. The SMILES string of the molecule is Cc1c(Cl)ccc2sc(N(Cc3cccnc3)C(=O)Cc3ccc([N+](=O)[O-])cc3)nc12. The molecular weight excluding hydrogens is 436 g/mol. The Morgan fingerprint density at radius 1 is 1.16 bits per heavy atom. The molecule has 156 valence electrons. The van der Waals surface area contributed by atoms with Crippen LogP contribution < -0.4 is 4.90 Å². The standard InChI is InChI=1S/C22H17ClN4O3S/c1-14-18(23)8-9-19-21(14)25-22(31-19)26(13-16-3-2-10-24-12-16)20(28)11-15-4-6-17(7-5-15)27(29)30/h2-10,12H,11,13H2,1H3. The summed E-state index contributed by atoms with van der Waals surface area (Å²) in [6.45, 7) is 2.21. The second-order valence-electron chi connectivity index (χ2n) is 6.96. The molecule has 0 fully saturated rings. The van der Waals surface area contributed by atoms with Crippen LogP contribution in [0.1, 0.15) is 16.7 Å². The van der Waals surface area contributed by atoms with Crippen LogP contribution in [0, 0.1) is 17.0 Å². The van der Waals surface area contributed by atoms with Gasteiger partial charge in [-0.05, 0) is 41.8 Å². The van der Waals surface area contributed by atoms with Gasteiger partial charge in [-0.3, -0.25) is 24.8 Å². The molecule has 0 aliphatic heterocycles. The van der Waals surface area contributed by atoms with Gasteiger partial charge >= 0.3 is 0 Å². The number of amides is 1. The summed E-state index contributed by atoms with van der Waals surface area (Å²) in [6, 6.07) is 13.4. The van der Waals surface area contributed by atoms with Crippen molar-refractivity contribution < 1.29 is 9.72 Å². The van der Waals surface area contributed by atoms with Crippen molar-refractivity contribution in [2.75, 3.05) is 4.90 Å². The predicted octanol–water partition coefficient (Wildman–Crippen LogP) is 5.34. The van der Waals surface area contributed by atoms with Crippen LogP contribution in [0.15, 0.2) is 60.9 Å². The number of fused-ring (bicyclic) bond motifs is 1. The number of aryl methyl sites for hydroxylation is 1. The van der Waals surface area contributed by atoms with Gasteiger partial charge in [-0.2, -0.15) is 0 Å². The molecule has 7 nitrogen and oxygen atoms in total. The van der Waals surface area contributed by atoms with E-state index >= 15 is 0 Å². The molecule has 0 spiro atoms. The van der Waals surface area contributed by atoms with Crippen molar-refractivity contribution in [1.29, 1.82) is 0 Å². The number of rotatable bonds is 6. The van der Waals surface area contributed by atoms with Gasteiger partial charge in [0.15, 0.2) is 5.13 Å². The summed E-state index contributed by atoms with van der Waals surface area (Å²) in [5.41, 5.74) is 3.18. The number of anilines is 1. The predicted molar refractivity (Wildman–Crippen MR) is 122 cm³/mol. The Labute approximate surface area is 187 Å². The van der Waals surface area contributed by atoms with Crippen LogP contribution in [-0.2, 0) is 17.8 Å². The molecule has 4 rings (SSSR count). The first-order chi connectivity index (χ1) is 14.9. The van der Waals surface area contributed by atoms with E-state index in [1.165, 1.54) is 23.5 Å². The smallest absolute Gasteiger partial charge is 0.269 e. The lowest BCUT2D eigenvalue weighted by atomic mass is 10.1. The minimum absolute atomic E-state index is 0.0121. The number of benzene rings is 2. The van der Waals surface area contributed by atoms with Gasteiger partial charge in [-0.25, -0.2) is 4.98 Å². The normalized spacial score (nSPS) is 10.9.